The first-order valence-electron chi connectivity index (χ1n) is 12.1. The van der Waals surface area contributed by atoms with Crippen LogP contribution in [0.25, 0.3) is 0 Å². The molecule has 0 spiro atoms. The zero-order valence-electron chi connectivity index (χ0n) is 21.6. The van der Waals surface area contributed by atoms with E-state index in [2.05, 4.69) is 15.6 Å². The van der Waals surface area contributed by atoms with Gasteiger partial charge >= 0.3 is 0 Å². The van der Waals surface area contributed by atoms with Crippen molar-refractivity contribution in [2.45, 2.75) is 19.9 Å². The molecule has 0 fully saturated rings. The summed E-state index contributed by atoms with van der Waals surface area (Å²) in [7, 11) is 3.13. The zero-order valence-corrected chi connectivity index (χ0v) is 21.6. The highest BCUT2D eigenvalue weighted by Gasteiger charge is 2.11. The van der Waals surface area contributed by atoms with Gasteiger partial charge in [0.1, 0.15) is 11.4 Å². The van der Waals surface area contributed by atoms with Crippen LogP contribution < -0.4 is 24.8 Å². The van der Waals surface area contributed by atoms with Gasteiger partial charge in [-0.05, 0) is 66.6 Å². The number of rotatable bonds is 11. The molecule has 0 radical (unpaired) electrons. The number of nitrogens with one attached hydrogen (secondary N) is 2. The van der Waals surface area contributed by atoms with Gasteiger partial charge in [0.2, 0.25) is 5.91 Å². The third-order valence-corrected chi connectivity index (χ3v) is 5.70. The molecule has 38 heavy (non-hydrogen) atoms. The number of benzene rings is 3. The summed E-state index contributed by atoms with van der Waals surface area (Å²) < 4.78 is 17.8. The molecule has 1 heterocycles. The molecule has 0 bridgehead atoms. The number of aromatic nitrogens is 2. The van der Waals surface area contributed by atoms with Gasteiger partial charge in [0, 0.05) is 24.1 Å². The van der Waals surface area contributed by atoms with Crippen molar-refractivity contribution in [2.75, 3.05) is 31.5 Å². The Hall–Kier alpha value is -4.79. The van der Waals surface area contributed by atoms with E-state index >= 15 is 0 Å². The lowest BCUT2D eigenvalue weighted by Gasteiger charge is -2.10. The normalized spacial score (nSPS) is 10.5. The molecule has 9 nitrogen and oxygen atoms in total. The van der Waals surface area contributed by atoms with Crippen LogP contribution in [0.15, 0.2) is 79.3 Å². The first kappa shape index (κ1) is 26.3. The number of ether oxygens (including phenoxy) is 3. The SMILES string of the molecule is CCOc1ccc(NC(=O)c2cn(Cc3ccc(NC(=O)Cc4ccc(OC)c(OC)c4)cc3)cn2)cc1. The molecule has 4 aromatic rings. The van der Waals surface area contributed by atoms with E-state index < -0.39 is 0 Å². The highest BCUT2D eigenvalue weighted by Crippen LogP contribution is 2.27. The molecule has 0 saturated carbocycles. The lowest BCUT2D eigenvalue weighted by atomic mass is 10.1. The van der Waals surface area contributed by atoms with Crippen molar-refractivity contribution >= 4 is 23.2 Å². The number of methoxy groups -OCH3 is 2. The lowest BCUT2D eigenvalue weighted by Crippen LogP contribution is -2.14. The summed E-state index contributed by atoms with van der Waals surface area (Å²) >= 11 is 0. The van der Waals surface area contributed by atoms with Gasteiger partial charge in [-0.2, -0.15) is 0 Å². The molecule has 0 saturated heterocycles. The second kappa shape index (κ2) is 12.4. The molecule has 9 heteroatoms. The van der Waals surface area contributed by atoms with Gasteiger partial charge in [-0.1, -0.05) is 18.2 Å². The third kappa shape index (κ3) is 6.91. The smallest absolute Gasteiger partial charge is 0.275 e. The predicted octanol–water partition coefficient (Wildman–Crippen LogP) is 4.78. The average Bonchev–Trinajstić information content (AvgIpc) is 3.39. The molecule has 2 N–H and O–H groups in total. The number of carbonyl (C=O) groups is 2. The van der Waals surface area contributed by atoms with Crippen LogP contribution >= 0.6 is 0 Å². The van der Waals surface area contributed by atoms with Crippen LogP contribution in [-0.4, -0.2) is 42.2 Å². The van der Waals surface area contributed by atoms with Gasteiger partial charge in [0.15, 0.2) is 11.5 Å². The van der Waals surface area contributed by atoms with Crippen molar-refractivity contribution in [3.8, 4) is 17.2 Å². The fourth-order valence-corrected chi connectivity index (χ4v) is 3.85. The second-order valence-corrected chi connectivity index (χ2v) is 8.45. The Morgan fingerprint density at radius 3 is 2.18 bits per heavy atom. The van der Waals surface area contributed by atoms with E-state index in [1.807, 2.05) is 41.8 Å². The number of imidazole rings is 1. The maximum Gasteiger partial charge on any atom is 0.275 e. The topological polar surface area (TPSA) is 104 Å². The minimum atomic E-state index is -0.291. The zero-order chi connectivity index (χ0) is 26.9. The molecule has 2 amide bonds. The summed E-state index contributed by atoms with van der Waals surface area (Å²) in [5, 5.41) is 5.75. The highest BCUT2D eigenvalue weighted by atomic mass is 16.5. The van der Waals surface area contributed by atoms with Crippen LogP contribution in [-0.2, 0) is 17.8 Å². The van der Waals surface area contributed by atoms with Crippen molar-refractivity contribution in [1.82, 2.24) is 9.55 Å². The Bertz CT molecular complexity index is 1380. The molecular formula is C29H30N4O5. The van der Waals surface area contributed by atoms with E-state index in [1.165, 1.54) is 0 Å². The van der Waals surface area contributed by atoms with Crippen molar-refractivity contribution < 1.29 is 23.8 Å². The number of hydrogen-bond acceptors (Lipinski definition) is 6. The Morgan fingerprint density at radius 1 is 0.842 bits per heavy atom. The van der Waals surface area contributed by atoms with E-state index in [9.17, 15) is 9.59 Å². The summed E-state index contributed by atoms with van der Waals surface area (Å²) in [6.45, 7) is 3.03. The van der Waals surface area contributed by atoms with Crippen LogP contribution in [0.1, 0.15) is 28.5 Å². The molecule has 1 aromatic heterocycles. The molecule has 0 aliphatic rings. The summed E-state index contributed by atoms with van der Waals surface area (Å²) in [4.78, 5) is 29.3. The standard InChI is InChI=1S/C29H30N4O5/c1-4-38-24-12-10-23(11-13-24)32-29(35)25-18-33(19-30-25)17-20-5-8-22(9-6-20)31-28(34)16-21-7-14-26(36-2)27(15-21)37-3/h5-15,18-19H,4,16-17H2,1-3H3,(H,31,34)(H,32,35). The second-order valence-electron chi connectivity index (χ2n) is 8.45. The molecule has 0 aliphatic heterocycles. The minimum Gasteiger partial charge on any atom is -0.494 e. The third-order valence-electron chi connectivity index (χ3n) is 5.70. The number of amides is 2. The first-order chi connectivity index (χ1) is 18.5. The molecule has 0 atom stereocenters. The van der Waals surface area contributed by atoms with Crippen molar-refractivity contribution in [1.29, 1.82) is 0 Å². The fourth-order valence-electron chi connectivity index (χ4n) is 3.85. The van der Waals surface area contributed by atoms with Gasteiger partial charge in [0.05, 0.1) is 33.6 Å². The largest absolute Gasteiger partial charge is 0.494 e. The molecular weight excluding hydrogens is 484 g/mol. The average molecular weight is 515 g/mol. The predicted molar refractivity (Wildman–Crippen MR) is 145 cm³/mol. The first-order valence-corrected chi connectivity index (χ1v) is 12.1. The Labute approximate surface area is 221 Å². The minimum absolute atomic E-state index is 0.136. The quantitative estimate of drug-likeness (QED) is 0.299. The Kier molecular flexibility index (Phi) is 8.61. The number of hydrogen-bond donors (Lipinski definition) is 2. The van der Waals surface area contributed by atoms with Crippen LogP contribution in [0.5, 0.6) is 17.2 Å². The monoisotopic (exact) mass is 514 g/mol. The molecule has 0 unspecified atom stereocenters. The molecule has 3 aromatic carbocycles. The van der Waals surface area contributed by atoms with E-state index in [0.29, 0.717) is 41.7 Å². The maximum absolute atomic E-state index is 12.6. The van der Waals surface area contributed by atoms with E-state index in [1.54, 1.807) is 63.1 Å². The number of carbonyl (C=O) groups excluding carboxylic acids is 2. The van der Waals surface area contributed by atoms with E-state index in [0.717, 1.165) is 16.9 Å². The molecule has 196 valence electrons. The summed E-state index contributed by atoms with van der Waals surface area (Å²) in [6, 6.07) is 20.1. The molecule has 0 aliphatic carbocycles. The molecule has 4 rings (SSSR count). The Balaban J connectivity index is 1.29. The van der Waals surface area contributed by atoms with Crippen molar-refractivity contribution in [3.05, 3.63) is 96.1 Å². The van der Waals surface area contributed by atoms with Gasteiger partial charge < -0.3 is 29.4 Å². The van der Waals surface area contributed by atoms with E-state index in [-0.39, 0.29) is 18.2 Å². The van der Waals surface area contributed by atoms with Crippen LogP contribution in [0.2, 0.25) is 0 Å². The van der Waals surface area contributed by atoms with Gasteiger partial charge in [-0.25, -0.2) is 4.98 Å². The highest BCUT2D eigenvalue weighted by molar-refractivity contribution is 6.02. The van der Waals surface area contributed by atoms with Crippen LogP contribution in [0.4, 0.5) is 11.4 Å². The van der Waals surface area contributed by atoms with Crippen LogP contribution in [0.3, 0.4) is 0 Å². The number of anilines is 2. The van der Waals surface area contributed by atoms with Gasteiger partial charge in [0.25, 0.3) is 5.91 Å². The van der Waals surface area contributed by atoms with Crippen molar-refractivity contribution in [2.24, 2.45) is 0 Å². The Morgan fingerprint density at radius 2 is 1.50 bits per heavy atom. The van der Waals surface area contributed by atoms with Gasteiger partial charge in [-0.15, -0.1) is 0 Å². The van der Waals surface area contributed by atoms with E-state index in [4.69, 9.17) is 14.2 Å². The van der Waals surface area contributed by atoms with Gasteiger partial charge in [-0.3, -0.25) is 9.59 Å². The lowest BCUT2D eigenvalue weighted by molar-refractivity contribution is -0.115. The summed E-state index contributed by atoms with van der Waals surface area (Å²) in [5.41, 5.74) is 3.49. The summed E-state index contributed by atoms with van der Waals surface area (Å²) in [5.74, 6) is 1.52. The maximum atomic E-state index is 12.6. The summed E-state index contributed by atoms with van der Waals surface area (Å²) in [6.07, 6.45) is 3.52. The fraction of sp³-hybridized carbons (Fsp3) is 0.207. The van der Waals surface area contributed by atoms with Crippen LogP contribution in [0, 0.1) is 0 Å². The number of nitrogens with zero attached hydrogens (tertiary/aromatic N) is 2. The van der Waals surface area contributed by atoms with Crippen molar-refractivity contribution in [3.63, 3.8) is 0 Å².